The van der Waals surface area contributed by atoms with Gasteiger partial charge < -0.3 is 25.4 Å². The molecule has 2 heterocycles. The molecule has 1 aromatic heterocycles. The van der Waals surface area contributed by atoms with Gasteiger partial charge in [-0.1, -0.05) is 12.1 Å². The Balaban J connectivity index is 1.65. The second kappa shape index (κ2) is 8.35. The van der Waals surface area contributed by atoms with Crippen LogP contribution in [0.3, 0.4) is 0 Å². The van der Waals surface area contributed by atoms with E-state index < -0.39 is 0 Å². The standard InChI is InChI=1S/C18H21N5O4/c1-26-15-11-14(21-17(19)22-15)12-4-2-5-13(10-12)16(24)20-6-8-23-7-3-9-27-18(23)25/h2,4-5,10-11H,3,6-9H2,1H3,(H,20,24)(H2,19,21,22). The van der Waals surface area contributed by atoms with E-state index in [-0.39, 0.29) is 17.9 Å². The number of carbonyl (C=O) groups is 2. The summed E-state index contributed by atoms with van der Waals surface area (Å²) >= 11 is 0. The van der Waals surface area contributed by atoms with Crippen LogP contribution in [0.1, 0.15) is 16.8 Å². The van der Waals surface area contributed by atoms with Crippen molar-refractivity contribution >= 4 is 17.9 Å². The lowest BCUT2D eigenvalue weighted by atomic mass is 10.1. The van der Waals surface area contributed by atoms with Gasteiger partial charge in [-0.25, -0.2) is 9.78 Å². The van der Waals surface area contributed by atoms with Crippen LogP contribution in [0.15, 0.2) is 30.3 Å². The van der Waals surface area contributed by atoms with Crippen molar-refractivity contribution in [1.29, 1.82) is 0 Å². The van der Waals surface area contributed by atoms with Crippen LogP contribution in [-0.4, -0.2) is 60.2 Å². The van der Waals surface area contributed by atoms with Gasteiger partial charge in [0, 0.05) is 36.8 Å². The van der Waals surface area contributed by atoms with E-state index in [0.29, 0.717) is 43.4 Å². The lowest BCUT2D eigenvalue weighted by Gasteiger charge is -2.26. The van der Waals surface area contributed by atoms with E-state index in [4.69, 9.17) is 15.2 Å². The molecular weight excluding hydrogens is 350 g/mol. The first-order valence-electron chi connectivity index (χ1n) is 8.55. The zero-order valence-corrected chi connectivity index (χ0v) is 15.0. The van der Waals surface area contributed by atoms with Gasteiger partial charge in [-0.2, -0.15) is 4.98 Å². The molecule has 1 aliphatic heterocycles. The molecule has 0 radical (unpaired) electrons. The van der Waals surface area contributed by atoms with Crippen molar-refractivity contribution in [1.82, 2.24) is 20.2 Å². The Labute approximate surface area is 156 Å². The van der Waals surface area contributed by atoms with Gasteiger partial charge in [-0.05, 0) is 18.6 Å². The molecule has 0 saturated carbocycles. The van der Waals surface area contributed by atoms with Crippen LogP contribution in [0.2, 0.25) is 0 Å². The summed E-state index contributed by atoms with van der Waals surface area (Å²) in [6.07, 6.45) is 0.459. The second-order valence-electron chi connectivity index (χ2n) is 5.95. The topological polar surface area (TPSA) is 120 Å². The maximum Gasteiger partial charge on any atom is 0.409 e. The number of carbonyl (C=O) groups excluding carboxylic acids is 2. The zero-order valence-electron chi connectivity index (χ0n) is 15.0. The van der Waals surface area contributed by atoms with Crippen LogP contribution in [0.4, 0.5) is 10.7 Å². The number of nitrogen functional groups attached to an aromatic ring is 1. The number of rotatable bonds is 6. The average molecular weight is 371 g/mol. The highest BCUT2D eigenvalue weighted by Gasteiger charge is 2.19. The van der Waals surface area contributed by atoms with Gasteiger partial charge in [-0.15, -0.1) is 0 Å². The van der Waals surface area contributed by atoms with Crippen molar-refractivity contribution in [2.24, 2.45) is 0 Å². The number of hydrogen-bond acceptors (Lipinski definition) is 7. The minimum absolute atomic E-state index is 0.0904. The predicted molar refractivity (Wildman–Crippen MR) is 98.3 cm³/mol. The maximum atomic E-state index is 12.4. The van der Waals surface area contributed by atoms with E-state index in [1.807, 2.05) is 6.07 Å². The summed E-state index contributed by atoms with van der Waals surface area (Å²) in [5.74, 6) is 0.199. The van der Waals surface area contributed by atoms with E-state index in [1.165, 1.54) is 7.11 Å². The molecule has 3 N–H and O–H groups in total. The van der Waals surface area contributed by atoms with Crippen molar-refractivity contribution in [3.05, 3.63) is 35.9 Å². The fraction of sp³-hybridized carbons (Fsp3) is 0.333. The molecule has 142 valence electrons. The molecule has 0 unspecified atom stereocenters. The van der Waals surface area contributed by atoms with Crippen molar-refractivity contribution in [2.45, 2.75) is 6.42 Å². The third-order valence-corrected chi connectivity index (χ3v) is 4.07. The van der Waals surface area contributed by atoms with Crippen LogP contribution >= 0.6 is 0 Å². The SMILES string of the molecule is COc1cc(-c2cccc(C(=O)NCCN3CCCOC3=O)c2)nc(N)n1. The van der Waals surface area contributed by atoms with E-state index >= 15 is 0 Å². The van der Waals surface area contributed by atoms with Gasteiger partial charge in [0.15, 0.2) is 0 Å². The Hall–Kier alpha value is -3.36. The molecule has 0 bridgehead atoms. The van der Waals surface area contributed by atoms with Crippen molar-refractivity contribution in [2.75, 3.05) is 39.1 Å². The molecule has 1 aromatic carbocycles. The molecule has 1 aliphatic rings. The van der Waals surface area contributed by atoms with Gasteiger partial charge >= 0.3 is 6.09 Å². The lowest BCUT2D eigenvalue weighted by Crippen LogP contribution is -2.42. The van der Waals surface area contributed by atoms with Gasteiger partial charge in [0.1, 0.15) is 0 Å². The summed E-state index contributed by atoms with van der Waals surface area (Å²) in [5, 5.41) is 2.81. The third kappa shape index (κ3) is 4.63. The average Bonchev–Trinajstić information content (AvgIpc) is 2.69. The van der Waals surface area contributed by atoms with Crippen molar-refractivity contribution in [3.63, 3.8) is 0 Å². The molecule has 2 aromatic rings. The highest BCUT2D eigenvalue weighted by Crippen LogP contribution is 2.22. The Morgan fingerprint density at radius 3 is 3.00 bits per heavy atom. The minimum atomic E-state index is -0.340. The summed E-state index contributed by atoms with van der Waals surface area (Å²) in [6, 6.07) is 8.65. The maximum absolute atomic E-state index is 12.4. The molecule has 1 saturated heterocycles. The van der Waals surface area contributed by atoms with Crippen molar-refractivity contribution < 1.29 is 19.1 Å². The fourth-order valence-corrected chi connectivity index (χ4v) is 2.72. The number of amides is 2. The van der Waals surface area contributed by atoms with Crippen LogP contribution in [0.5, 0.6) is 5.88 Å². The van der Waals surface area contributed by atoms with Gasteiger partial charge in [-0.3, -0.25) is 4.79 Å². The Bertz CT molecular complexity index is 842. The monoisotopic (exact) mass is 371 g/mol. The molecule has 1 fully saturated rings. The molecule has 0 atom stereocenters. The summed E-state index contributed by atoms with van der Waals surface area (Å²) in [6.45, 7) is 1.84. The number of nitrogens with two attached hydrogens (primary N) is 1. The van der Waals surface area contributed by atoms with E-state index in [2.05, 4.69) is 15.3 Å². The quantitative estimate of drug-likeness (QED) is 0.785. The number of aromatic nitrogens is 2. The number of cyclic esters (lactones) is 1. The number of nitrogens with one attached hydrogen (secondary N) is 1. The van der Waals surface area contributed by atoms with E-state index in [9.17, 15) is 9.59 Å². The second-order valence-corrected chi connectivity index (χ2v) is 5.95. The molecule has 2 amide bonds. The normalized spacial score (nSPS) is 13.8. The molecule has 0 spiro atoms. The van der Waals surface area contributed by atoms with Crippen LogP contribution in [-0.2, 0) is 4.74 Å². The molecule has 9 heteroatoms. The Kier molecular flexibility index (Phi) is 5.70. The highest BCUT2D eigenvalue weighted by atomic mass is 16.6. The zero-order chi connectivity index (χ0) is 19.2. The molecule has 3 rings (SSSR count). The first-order chi connectivity index (χ1) is 13.1. The number of nitrogens with zero attached hydrogens (tertiary/aromatic N) is 3. The number of benzene rings is 1. The van der Waals surface area contributed by atoms with Gasteiger partial charge in [0.25, 0.3) is 5.91 Å². The summed E-state index contributed by atoms with van der Waals surface area (Å²) < 4.78 is 10.1. The minimum Gasteiger partial charge on any atom is -0.481 e. The molecule has 0 aliphatic carbocycles. The third-order valence-electron chi connectivity index (χ3n) is 4.07. The fourth-order valence-electron chi connectivity index (χ4n) is 2.72. The van der Waals surface area contributed by atoms with Gasteiger partial charge in [0.05, 0.1) is 19.4 Å². The molecule has 27 heavy (non-hydrogen) atoms. The van der Waals surface area contributed by atoms with Gasteiger partial charge in [0.2, 0.25) is 11.8 Å². The summed E-state index contributed by atoms with van der Waals surface area (Å²) in [4.78, 5) is 33.7. The number of anilines is 1. The number of ether oxygens (including phenoxy) is 2. The predicted octanol–water partition coefficient (Wildman–Crippen LogP) is 1.31. The number of hydrogen-bond donors (Lipinski definition) is 2. The molecular formula is C18H21N5O4. The first kappa shape index (κ1) is 18.4. The lowest BCUT2D eigenvalue weighted by molar-refractivity contribution is 0.0719. The Morgan fingerprint density at radius 1 is 1.37 bits per heavy atom. The van der Waals surface area contributed by atoms with Crippen LogP contribution in [0.25, 0.3) is 11.3 Å². The largest absolute Gasteiger partial charge is 0.481 e. The summed E-state index contributed by atoms with van der Waals surface area (Å²) in [7, 11) is 1.49. The first-order valence-corrected chi connectivity index (χ1v) is 8.55. The number of methoxy groups -OCH3 is 1. The molecule has 9 nitrogen and oxygen atoms in total. The highest BCUT2D eigenvalue weighted by molar-refractivity contribution is 5.95. The Morgan fingerprint density at radius 2 is 2.22 bits per heavy atom. The van der Waals surface area contributed by atoms with Crippen LogP contribution in [0, 0.1) is 0 Å². The summed E-state index contributed by atoms with van der Waals surface area (Å²) in [5.41, 5.74) is 7.45. The van der Waals surface area contributed by atoms with E-state index in [0.717, 1.165) is 12.0 Å². The van der Waals surface area contributed by atoms with Crippen molar-refractivity contribution in [3.8, 4) is 17.1 Å². The van der Waals surface area contributed by atoms with E-state index in [1.54, 1.807) is 29.2 Å². The smallest absolute Gasteiger partial charge is 0.409 e. The van der Waals surface area contributed by atoms with Crippen LogP contribution < -0.4 is 15.8 Å².